The van der Waals surface area contributed by atoms with Gasteiger partial charge in [-0.25, -0.2) is 4.79 Å². The Morgan fingerprint density at radius 2 is 1.63 bits per heavy atom. The van der Waals surface area contributed by atoms with Crippen LogP contribution in [0.15, 0.2) is 42.5 Å². The predicted molar refractivity (Wildman–Crippen MR) is 112 cm³/mol. The van der Waals surface area contributed by atoms with Crippen molar-refractivity contribution in [2.75, 3.05) is 44.0 Å². The van der Waals surface area contributed by atoms with E-state index >= 15 is 0 Å². The normalized spacial score (nSPS) is 12.2. The molecule has 1 aliphatic heterocycles. The van der Waals surface area contributed by atoms with Crippen molar-refractivity contribution in [1.29, 1.82) is 0 Å². The van der Waals surface area contributed by atoms with Crippen LogP contribution < -0.4 is 25.4 Å². The molecule has 0 spiro atoms. The van der Waals surface area contributed by atoms with Crippen molar-refractivity contribution < 1.29 is 23.9 Å². The SMILES string of the molecule is CN(CC(=O)NC(=O)Nc1ccc2c(c1)OCCO2)CC(=O)Nc1cccc(Cl)c1. The summed E-state index contributed by atoms with van der Waals surface area (Å²) in [5.41, 5.74) is 1.02. The van der Waals surface area contributed by atoms with E-state index in [1.54, 1.807) is 49.5 Å². The molecule has 9 nitrogen and oxygen atoms in total. The molecule has 1 heterocycles. The van der Waals surface area contributed by atoms with Crippen LogP contribution in [0, 0.1) is 0 Å². The van der Waals surface area contributed by atoms with Gasteiger partial charge in [-0.2, -0.15) is 0 Å². The molecule has 3 N–H and O–H groups in total. The lowest BCUT2D eigenvalue weighted by Crippen LogP contribution is -2.42. The van der Waals surface area contributed by atoms with Crippen molar-refractivity contribution in [2.45, 2.75) is 0 Å². The van der Waals surface area contributed by atoms with Gasteiger partial charge in [0.25, 0.3) is 0 Å². The molecule has 158 valence electrons. The lowest BCUT2D eigenvalue weighted by atomic mass is 10.2. The zero-order valence-corrected chi connectivity index (χ0v) is 17.0. The Morgan fingerprint density at radius 3 is 2.40 bits per heavy atom. The molecule has 0 aliphatic carbocycles. The molecule has 0 fully saturated rings. The van der Waals surface area contributed by atoms with Crippen LogP contribution in [0.3, 0.4) is 0 Å². The van der Waals surface area contributed by atoms with Crippen LogP contribution >= 0.6 is 11.6 Å². The van der Waals surface area contributed by atoms with E-state index in [0.29, 0.717) is 41.1 Å². The predicted octanol–water partition coefficient (Wildman–Crippen LogP) is 2.33. The number of halogens is 1. The van der Waals surface area contributed by atoms with Crippen LogP contribution in [0.25, 0.3) is 0 Å². The number of benzene rings is 2. The standard InChI is InChI=1S/C20H21ClN4O5/c1-25(11-18(26)22-14-4-2-3-13(21)9-14)12-19(27)24-20(28)23-15-5-6-16-17(10-15)30-8-7-29-16/h2-6,9-10H,7-8,11-12H2,1H3,(H,22,26)(H2,23,24,27,28). The number of imide groups is 1. The zero-order valence-electron chi connectivity index (χ0n) is 16.2. The molecule has 10 heteroatoms. The quantitative estimate of drug-likeness (QED) is 0.646. The van der Waals surface area contributed by atoms with Gasteiger partial charge < -0.3 is 20.1 Å². The Morgan fingerprint density at radius 1 is 0.933 bits per heavy atom. The first-order valence-corrected chi connectivity index (χ1v) is 9.51. The summed E-state index contributed by atoms with van der Waals surface area (Å²) in [5.74, 6) is 0.258. The molecule has 0 aromatic heterocycles. The Balaban J connectivity index is 1.43. The van der Waals surface area contributed by atoms with Crippen LogP contribution in [-0.4, -0.2) is 56.1 Å². The van der Waals surface area contributed by atoms with Gasteiger partial charge in [0.1, 0.15) is 13.2 Å². The summed E-state index contributed by atoms with van der Waals surface area (Å²) < 4.78 is 10.9. The van der Waals surface area contributed by atoms with Gasteiger partial charge in [0.2, 0.25) is 11.8 Å². The third-order valence-corrected chi connectivity index (χ3v) is 4.22. The van der Waals surface area contributed by atoms with E-state index < -0.39 is 11.9 Å². The van der Waals surface area contributed by atoms with Crippen LogP contribution in [0.4, 0.5) is 16.2 Å². The maximum atomic E-state index is 12.1. The summed E-state index contributed by atoms with van der Waals surface area (Å²) in [5, 5.41) is 7.97. The first-order chi connectivity index (χ1) is 14.4. The first kappa shape index (κ1) is 21.4. The van der Waals surface area contributed by atoms with Crippen LogP contribution in [0.2, 0.25) is 5.02 Å². The van der Waals surface area contributed by atoms with Crippen molar-refractivity contribution in [1.82, 2.24) is 10.2 Å². The number of nitrogens with zero attached hydrogens (tertiary/aromatic N) is 1. The number of likely N-dealkylation sites (N-methyl/N-ethyl adjacent to an activating group) is 1. The molecule has 0 saturated carbocycles. The van der Waals surface area contributed by atoms with Gasteiger partial charge in [-0.05, 0) is 37.4 Å². The minimum atomic E-state index is -0.687. The number of hydrogen-bond donors (Lipinski definition) is 3. The number of hydrogen-bond acceptors (Lipinski definition) is 6. The van der Waals surface area contributed by atoms with E-state index in [-0.39, 0.29) is 19.0 Å². The fraction of sp³-hybridized carbons (Fsp3) is 0.250. The fourth-order valence-corrected chi connectivity index (χ4v) is 2.95. The third kappa shape index (κ3) is 6.36. The largest absolute Gasteiger partial charge is 0.486 e. The maximum absolute atomic E-state index is 12.1. The fourth-order valence-electron chi connectivity index (χ4n) is 2.76. The Kier molecular flexibility index (Phi) is 7.10. The molecular formula is C20H21ClN4O5. The van der Waals surface area contributed by atoms with E-state index in [1.165, 1.54) is 4.90 Å². The van der Waals surface area contributed by atoms with E-state index in [4.69, 9.17) is 21.1 Å². The number of ether oxygens (including phenoxy) is 2. The highest BCUT2D eigenvalue weighted by Crippen LogP contribution is 2.32. The molecule has 2 aromatic carbocycles. The van der Waals surface area contributed by atoms with Gasteiger partial charge in [0.05, 0.1) is 13.1 Å². The third-order valence-electron chi connectivity index (χ3n) is 3.99. The van der Waals surface area contributed by atoms with E-state index in [1.807, 2.05) is 0 Å². The monoisotopic (exact) mass is 432 g/mol. The molecule has 4 amide bonds. The van der Waals surface area contributed by atoms with Crippen molar-refractivity contribution in [2.24, 2.45) is 0 Å². The van der Waals surface area contributed by atoms with E-state index in [9.17, 15) is 14.4 Å². The summed E-state index contributed by atoms with van der Waals surface area (Å²) in [4.78, 5) is 37.7. The molecule has 0 saturated heterocycles. The highest BCUT2D eigenvalue weighted by Gasteiger charge is 2.15. The van der Waals surface area contributed by atoms with Crippen LogP contribution in [0.1, 0.15) is 0 Å². The molecule has 3 rings (SSSR count). The number of fused-ring (bicyclic) bond motifs is 1. The van der Waals surface area contributed by atoms with Crippen molar-refractivity contribution in [3.8, 4) is 11.5 Å². The minimum Gasteiger partial charge on any atom is -0.486 e. The lowest BCUT2D eigenvalue weighted by molar-refractivity contribution is -0.121. The summed E-state index contributed by atoms with van der Waals surface area (Å²) in [6.45, 7) is 0.721. The molecule has 0 bridgehead atoms. The summed E-state index contributed by atoms with van der Waals surface area (Å²) in [6.07, 6.45) is 0. The van der Waals surface area contributed by atoms with Gasteiger partial charge in [0, 0.05) is 22.5 Å². The molecule has 0 atom stereocenters. The lowest BCUT2D eigenvalue weighted by Gasteiger charge is -2.19. The van der Waals surface area contributed by atoms with E-state index in [0.717, 1.165) is 0 Å². The number of carbonyl (C=O) groups excluding carboxylic acids is 3. The van der Waals surface area contributed by atoms with Gasteiger partial charge in [-0.1, -0.05) is 17.7 Å². The number of carbonyl (C=O) groups is 3. The van der Waals surface area contributed by atoms with Crippen LogP contribution in [0.5, 0.6) is 11.5 Å². The van der Waals surface area contributed by atoms with Crippen molar-refractivity contribution >= 4 is 40.8 Å². The second-order valence-electron chi connectivity index (χ2n) is 6.59. The zero-order chi connectivity index (χ0) is 21.5. The number of urea groups is 1. The Hall–Kier alpha value is -3.30. The molecular weight excluding hydrogens is 412 g/mol. The topological polar surface area (TPSA) is 109 Å². The van der Waals surface area contributed by atoms with Crippen molar-refractivity contribution in [3.63, 3.8) is 0 Å². The average molecular weight is 433 g/mol. The summed E-state index contributed by atoms with van der Waals surface area (Å²) in [6, 6.07) is 11.0. The van der Waals surface area contributed by atoms with Gasteiger partial charge in [0.15, 0.2) is 11.5 Å². The second-order valence-corrected chi connectivity index (χ2v) is 7.03. The van der Waals surface area contributed by atoms with Gasteiger partial charge >= 0.3 is 6.03 Å². The number of rotatable bonds is 6. The van der Waals surface area contributed by atoms with Gasteiger partial charge in [-0.3, -0.25) is 19.8 Å². The molecule has 1 aliphatic rings. The smallest absolute Gasteiger partial charge is 0.325 e. The molecule has 2 aromatic rings. The average Bonchev–Trinajstić information content (AvgIpc) is 2.67. The number of nitrogens with one attached hydrogen (secondary N) is 3. The number of anilines is 2. The summed E-state index contributed by atoms with van der Waals surface area (Å²) in [7, 11) is 1.59. The summed E-state index contributed by atoms with van der Waals surface area (Å²) >= 11 is 5.88. The van der Waals surface area contributed by atoms with E-state index in [2.05, 4.69) is 16.0 Å². The van der Waals surface area contributed by atoms with Crippen LogP contribution in [-0.2, 0) is 9.59 Å². The molecule has 30 heavy (non-hydrogen) atoms. The first-order valence-electron chi connectivity index (χ1n) is 9.13. The Bertz CT molecular complexity index is 953. The molecule has 0 radical (unpaired) electrons. The second kappa shape index (κ2) is 9.95. The van der Waals surface area contributed by atoms with Crippen molar-refractivity contribution in [3.05, 3.63) is 47.5 Å². The highest BCUT2D eigenvalue weighted by atomic mass is 35.5. The minimum absolute atomic E-state index is 0.0380. The highest BCUT2D eigenvalue weighted by molar-refractivity contribution is 6.30. The van der Waals surface area contributed by atoms with Gasteiger partial charge in [-0.15, -0.1) is 0 Å². The number of amides is 4. The molecule has 0 unspecified atom stereocenters. The Labute approximate surface area is 178 Å². The maximum Gasteiger partial charge on any atom is 0.325 e.